The van der Waals surface area contributed by atoms with Crippen LogP contribution in [0.2, 0.25) is 4.34 Å². The first kappa shape index (κ1) is 21.5. The zero-order chi connectivity index (χ0) is 19.9. The number of hydrogen-bond acceptors (Lipinski definition) is 8. The smallest absolute Gasteiger partial charge is 0.193 e. The zero-order valence-corrected chi connectivity index (χ0v) is 18.6. The lowest BCUT2D eigenvalue weighted by atomic mass is 10.0. The lowest BCUT2D eigenvalue weighted by molar-refractivity contribution is -0.0101. The van der Waals surface area contributed by atoms with Crippen molar-refractivity contribution < 1.29 is 21.6 Å². The van der Waals surface area contributed by atoms with Gasteiger partial charge in [0, 0.05) is 31.2 Å². The first-order valence-corrected chi connectivity index (χ1v) is 13.3. The molecular weight excluding hydrogens is 432 g/mol. The molecule has 2 fully saturated rings. The number of ether oxygens (including phenoxy) is 1. The average molecular weight is 457 g/mol. The molecule has 11 heteroatoms. The van der Waals surface area contributed by atoms with Gasteiger partial charge in [0.2, 0.25) is 0 Å². The highest BCUT2D eigenvalue weighted by molar-refractivity contribution is 7.97. The molecule has 3 heterocycles. The summed E-state index contributed by atoms with van der Waals surface area (Å²) in [7, 11) is -7.20. The predicted octanol–water partition coefficient (Wildman–Crippen LogP) is 1.04. The number of nitrogens with one attached hydrogen (secondary N) is 1. The first-order chi connectivity index (χ1) is 12.5. The molecule has 1 N–H and O–H groups in total. The van der Waals surface area contributed by atoms with E-state index in [2.05, 4.69) is 24.1 Å². The molecule has 0 bridgehead atoms. The van der Waals surface area contributed by atoms with Gasteiger partial charge in [-0.3, -0.25) is 4.90 Å². The summed E-state index contributed by atoms with van der Waals surface area (Å²) in [5, 5.41) is 2.24. The summed E-state index contributed by atoms with van der Waals surface area (Å²) < 4.78 is 56.3. The Hall–Kier alpha value is -0.230. The topological polar surface area (TPSA) is 92.8 Å². The van der Waals surface area contributed by atoms with Gasteiger partial charge in [-0.05, 0) is 26.0 Å². The van der Waals surface area contributed by atoms with Crippen molar-refractivity contribution in [3.05, 3.63) is 16.5 Å². The van der Waals surface area contributed by atoms with Gasteiger partial charge in [0.05, 0.1) is 34.3 Å². The number of hydrogen-bond donors (Lipinski definition) is 1. The number of morpholine rings is 1. The normalized spacial score (nSPS) is 27.1. The van der Waals surface area contributed by atoms with Gasteiger partial charge in [0.25, 0.3) is 0 Å². The van der Waals surface area contributed by atoms with Crippen molar-refractivity contribution in [1.29, 1.82) is 0 Å². The van der Waals surface area contributed by atoms with E-state index in [9.17, 15) is 16.8 Å². The lowest BCUT2D eigenvalue weighted by Gasteiger charge is -2.41. The van der Waals surface area contributed by atoms with E-state index in [0.29, 0.717) is 24.1 Å². The van der Waals surface area contributed by atoms with E-state index in [4.69, 9.17) is 16.3 Å². The highest BCUT2D eigenvalue weighted by Crippen LogP contribution is 2.32. The quantitative estimate of drug-likeness (QED) is 0.683. The molecule has 0 saturated carbocycles. The molecule has 0 spiro atoms. The highest BCUT2D eigenvalue weighted by Gasteiger charge is 2.46. The fourth-order valence-corrected chi connectivity index (χ4v) is 10.00. The van der Waals surface area contributed by atoms with E-state index in [-0.39, 0.29) is 21.3 Å². The van der Waals surface area contributed by atoms with Crippen LogP contribution in [-0.4, -0.2) is 82.9 Å². The molecule has 0 aromatic carbocycles. The van der Waals surface area contributed by atoms with Crippen molar-refractivity contribution in [2.45, 2.75) is 34.9 Å². The van der Waals surface area contributed by atoms with Crippen LogP contribution in [0.25, 0.3) is 0 Å². The molecule has 2 aliphatic heterocycles. The minimum atomic E-state index is -3.77. The van der Waals surface area contributed by atoms with Gasteiger partial charge in [0.15, 0.2) is 19.7 Å². The molecule has 154 valence electrons. The fraction of sp³-hybridized carbons (Fsp3) is 0.750. The summed E-state index contributed by atoms with van der Waals surface area (Å²) in [5.41, 5.74) is -0.239. The third-order valence-electron chi connectivity index (χ3n) is 5.19. The maximum absolute atomic E-state index is 13.0. The minimum Gasteiger partial charge on any atom is -0.379 e. The van der Waals surface area contributed by atoms with Crippen molar-refractivity contribution in [1.82, 2.24) is 10.2 Å². The van der Waals surface area contributed by atoms with E-state index in [0.717, 1.165) is 24.4 Å². The van der Waals surface area contributed by atoms with E-state index < -0.39 is 31.0 Å². The standard InChI is InChI=1S/C16H25ClN2O5S3/c1-16(2,19-5-7-24-8-6-19)11-18-12-9-26(20,21)10-13(12)27(22,23)15-4-3-14(17)25-15/h3-4,12-13,18H,5-11H2,1-2H3/t12-,13-/m0/s1. The maximum Gasteiger partial charge on any atom is 0.193 e. The summed E-state index contributed by atoms with van der Waals surface area (Å²) in [6.45, 7) is 7.55. The summed E-state index contributed by atoms with van der Waals surface area (Å²) in [5.74, 6) is -0.532. The fourth-order valence-electron chi connectivity index (χ4n) is 3.57. The Labute approximate surface area is 169 Å². The van der Waals surface area contributed by atoms with Crippen molar-refractivity contribution in [3.8, 4) is 0 Å². The highest BCUT2D eigenvalue weighted by atomic mass is 35.5. The third-order valence-corrected chi connectivity index (χ3v) is 11.1. The Morgan fingerprint density at radius 2 is 1.96 bits per heavy atom. The second-order valence-electron chi connectivity index (χ2n) is 7.62. The van der Waals surface area contributed by atoms with E-state index in [1.54, 1.807) is 0 Å². The molecule has 0 aliphatic carbocycles. The molecule has 7 nitrogen and oxygen atoms in total. The first-order valence-electron chi connectivity index (χ1n) is 8.77. The molecule has 1 aromatic heterocycles. The van der Waals surface area contributed by atoms with Gasteiger partial charge < -0.3 is 10.1 Å². The van der Waals surface area contributed by atoms with Gasteiger partial charge in [-0.2, -0.15) is 0 Å². The molecule has 2 atom stereocenters. The number of rotatable bonds is 6. The molecule has 2 aliphatic rings. The number of thiophene rings is 1. The van der Waals surface area contributed by atoms with Crippen LogP contribution in [0.1, 0.15) is 13.8 Å². The van der Waals surface area contributed by atoms with Crippen molar-refractivity contribution in [3.63, 3.8) is 0 Å². The second kappa shape index (κ2) is 7.89. The molecule has 2 saturated heterocycles. The van der Waals surface area contributed by atoms with Gasteiger partial charge in [0.1, 0.15) is 4.21 Å². The van der Waals surface area contributed by atoms with Crippen LogP contribution in [0.4, 0.5) is 0 Å². The van der Waals surface area contributed by atoms with Crippen molar-refractivity contribution in [2.24, 2.45) is 0 Å². The van der Waals surface area contributed by atoms with Gasteiger partial charge in [-0.1, -0.05) is 11.6 Å². The van der Waals surface area contributed by atoms with Crippen LogP contribution in [0.3, 0.4) is 0 Å². The molecule has 0 radical (unpaired) electrons. The van der Waals surface area contributed by atoms with Crippen LogP contribution >= 0.6 is 22.9 Å². The van der Waals surface area contributed by atoms with Crippen LogP contribution < -0.4 is 5.32 Å². The van der Waals surface area contributed by atoms with Crippen LogP contribution in [0.5, 0.6) is 0 Å². The Kier molecular flexibility index (Phi) is 6.28. The molecule has 0 amide bonds. The second-order valence-corrected chi connectivity index (χ2v) is 13.9. The minimum absolute atomic E-state index is 0.119. The molecular formula is C16H25ClN2O5S3. The Morgan fingerprint density at radius 1 is 1.30 bits per heavy atom. The summed E-state index contributed by atoms with van der Waals surface area (Å²) >= 11 is 6.84. The predicted molar refractivity (Wildman–Crippen MR) is 107 cm³/mol. The van der Waals surface area contributed by atoms with E-state index >= 15 is 0 Å². The van der Waals surface area contributed by atoms with E-state index in [1.807, 2.05) is 0 Å². The van der Waals surface area contributed by atoms with Gasteiger partial charge in [-0.25, -0.2) is 16.8 Å². The SMILES string of the molecule is CC(C)(CN[C@H]1CS(=O)(=O)C[C@@H]1S(=O)(=O)c1ccc(Cl)s1)N1CCOCC1. The zero-order valence-electron chi connectivity index (χ0n) is 15.4. The van der Waals surface area contributed by atoms with Crippen molar-refractivity contribution in [2.75, 3.05) is 44.4 Å². The lowest BCUT2D eigenvalue weighted by Crippen LogP contribution is -2.57. The van der Waals surface area contributed by atoms with Crippen LogP contribution in [0, 0.1) is 0 Å². The number of sulfone groups is 2. The van der Waals surface area contributed by atoms with Crippen molar-refractivity contribution >= 4 is 42.6 Å². The average Bonchev–Trinajstić information content (AvgIpc) is 3.17. The summed E-state index contributed by atoms with van der Waals surface area (Å²) in [6, 6.07) is 2.33. The number of halogens is 1. The summed E-state index contributed by atoms with van der Waals surface area (Å²) in [4.78, 5) is 2.27. The van der Waals surface area contributed by atoms with Crippen LogP contribution in [-0.2, 0) is 24.4 Å². The Bertz CT molecular complexity index is 876. The molecule has 27 heavy (non-hydrogen) atoms. The molecule has 3 rings (SSSR count). The van der Waals surface area contributed by atoms with Crippen LogP contribution in [0.15, 0.2) is 16.3 Å². The monoisotopic (exact) mass is 456 g/mol. The van der Waals surface area contributed by atoms with Gasteiger partial charge >= 0.3 is 0 Å². The number of nitrogens with zero attached hydrogens (tertiary/aromatic N) is 1. The summed E-state index contributed by atoms with van der Waals surface area (Å²) in [6.07, 6.45) is 0. The molecule has 1 aromatic rings. The Morgan fingerprint density at radius 3 is 2.56 bits per heavy atom. The Balaban J connectivity index is 1.76. The maximum atomic E-state index is 13.0. The largest absolute Gasteiger partial charge is 0.379 e. The molecule has 0 unspecified atom stereocenters. The third kappa shape index (κ3) is 4.85. The van der Waals surface area contributed by atoms with Gasteiger partial charge in [-0.15, -0.1) is 11.3 Å². The van der Waals surface area contributed by atoms with E-state index in [1.165, 1.54) is 12.1 Å².